The number of hydrogen-bond acceptors (Lipinski definition) is 8. The Bertz CT molecular complexity index is 956. The lowest BCUT2D eigenvalue weighted by Crippen LogP contribution is -2.47. The molecule has 0 aliphatic carbocycles. The van der Waals surface area contributed by atoms with Gasteiger partial charge in [0.05, 0.1) is 0 Å². The van der Waals surface area contributed by atoms with E-state index in [1.165, 1.54) is 6.92 Å². The molecule has 1 aliphatic rings. The molecule has 2 N–H and O–H groups in total. The Kier molecular flexibility index (Phi) is 5.46. The maximum Gasteiger partial charge on any atom is 0.229 e. The molecule has 1 aromatic carbocycles. The molecule has 3 heterocycles. The van der Waals surface area contributed by atoms with Crippen molar-refractivity contribution in [3.8, 4) is 0 Å². The standard InChI is InChI=1S/C20H22N8O/c1-15(29)24-16-3-5-17(6-4-16)25-19-21-10-7-18(26-19)27-11-13-28(14-12-27)20-22-8-2-9-23-20/h2-10H,11-14H2,1H3,(H,24,29)(H,21,25,26). The van der Waals surface area contributed by atoms with Crippen molar-refractivity contribution in [1.29, 1.82) is 0 Å². The number of nitrogens with zero attached hydrogens (tertiary/aromatic N) is 6. The topological polar surface area (TPSA) is 99.2 Å². The first-order chi connectivity index (χ1) is 14.2. The van der Waals surface area contributed by atoms with Gasteiger partial charge < -0.3 is 20.4 Å². The molecule has 0 spiro atoms. The molecule has 3 aromatic rings. The second kappa shape index (κ2) is 8.51. The lowest BCUT2D eigenvalue weighted by atomic mass is 10.3. The summed E-state index contributed by atoms with van der Waals surface area (Å²) in [5.74, 6) is 2.08. The summed E-state index contributed by atoms with van der Waals surface area (Å²) in [5.41, 5.74) is 1.60. The third-order valence-electron chi connectivity index (χ3n) is 4.54. The van der Waals surface area contributed by atoms with Gasteiger partial charge >= 0.3 is 0 Å². The van der Waals surface area contributed by atoms with E-state index in [2.05, 4.69) is 40.4 Å². The highest BCUT2D eigenvalue weighted by atomic mass is 16.1. The Morgan fingerprint density at radius 3 is 2.21 bits per heavy atom. The number of nitrogens with one attached hydrogen (secondary N) is 2. The number of amides is 1. The van der Waals surface area contributed by atoms with Crippen molar-refractivity contribution in [2.75, 3.05) is 46.6 Å². The molecule has 1 saturated heterocycles. The molecule has 0 saturated carbocycles. The highest BCUT2D eigenvalue weighted by Crippen LogP contribution is 2.20. The van der Waals surface area contributed by atoms with Crippen LogP contribution < -0.4 is 20.4 Å². The summed E-state index contributed by atoms with van der Waals surface area (Å²) in [6.07, 6.45) is 5.28. The number of carbonyl (C=O) groups is 1. The predicted molar refractivity (Wildman–Crippen MR) is 113 cm³/mol. The van der Waals surface area contributed by atoms with Crippen molar-refractivity contribution in [3.63, 3.8) is 0 Å². The molecule has 1 fully saturated rings. The Morgan fingerprint density at radius 1 is 0.862 bits per heavy atom. The number of anilines is 5. The lowest BCUT2D eigenvalue weighted by Gasteiger charge is -2.35. The fourth-order valence-corrected chi connectivity index (χ4v) is 3.14. The minimum absolute atomic E-state index is 0.0966. The van der Waals surface area contributed by atoms with Gasteiger partial charge in [-0.25, -0.2) is 15.0 Å². The van der Waals surface area contributed by atoms with Gasteiger partial charge in [-0.05, 0) is 36.4 Å². The minimum atomic E-state index is -0.0966. The zero-order chi connectivity index (χ0) is 20.1. The predicted octanol–water partition coefficient (Wildman–Crippen LogP) is 2.30. The number of hydrogen-bond donors (Lipinski definition) is 2. The van der Waals surface area contributed by atoms with Crippen LogP contribution in [0.2, 0.25) is 0 Å². The van der Waals surface area contributed by atoms with Crippen molar-refractivity contribution in [2.45, 2.75) is 6.92 Å². The lowest BCUT2D eigenvalue weighted by molar-refractivity contribution is -0.114. The van der Waals surface area contributed by atoms with E-state index in [-0.39, 0.29) is 5.91 Å². The van der Waals surface area contributed by atoms with Gasteiger partial charge in [0.25, 0.3) is 0 Å². The number of carbonyl (C=O) groups excluding carboxylic acids is 1. The van der Waals surface area contributed by atoms with Crippen LogP contribution in [-0.2, 0) is 4.79 Å². The molecule has 9 nitrogen and oxygen atoms in total. The minimum Gasteiger partial charge on any atom is -0.353 e. The smallest absolute Gasteiger partial charge is 0.229 e. The van der Waals surface area contributed by atoms with Gasteiger partial charge in [0, 0.05) is 63.1 Å². The highest BCUT2D eigenvalue weighted by Gasteiger charge is 2.20. The Hall–Kier alpha value is -3.75. The first-order valence-electron chi connectivity index (χ1n) is 9.42. The molecule has 29 heavy (non-hydrogen) atoms. The maximum absolute atomic E-state index is 11.1. The van der Waals surface area contributed by atoms with Crippen molar-refractivity contribution in [2.24, 2.45) is 0 Å². The second-order valence-electron chi connectivity index (χ2n) is 6.64. The molecule has 0 atom stereocenters. The Labute approximate surface area is 168 Å². The van der Waals surface area contributed by atoms with Gasteiger partial charge in [0.2, 0.25) is 17.8 Å². The van der Waals surface area contributed by atoms with E-state index in [9.17, 15) is 4.79 Å². The molecule has 0 bridgehead atoms. The SMILES string of the molecule is CC(=O)Nc1ccc(Nc2nccc(N3CCN(c4ncccn4)CC3)n2)cc1. The first kappa shape index (κ1) is 18.6. The molecule has 148 valence electrons. The zero-order valence-corrected chi connectivity index (χ0v) is 16.1. The molecule has 4 rings (SSSR count). The number of rotatable bonds is 5. The van der Waals surface area contributed by atoms with Gasteiger partial charge in [-0.15, -0.1) is 0 Å². The number of benzene rings is 1. The van der Waals surface area contributed by atoms with E-state index in [1.54, 1.807) is 18.6 Å². The number of aromatic nitrogens is 4. The number of piperazine rings is 1. The first-order valence-corrected chi connectivity index (χ1v) is 9.42. The molecule has 9 heteroatoms. The van der Waals surface area contributed by atoms with E-state index in [0.29, 0.717) is 5.95 Å². The van der Waals surface area contributed by atoms with Crippen LogP contribution in [0.4, 0.5) is 29.1 Å². The third-order valence-corrected chi connectivity index (χ3v) is 4.54. The van der Waals surface area contributed by atoms with Crippen LogP contribution in [-0.4, -0.2) is 52.0 Å². The van der Waals surface area contributed by atoms with E-state index >= 15 is 0 Å². The molecular formula is C20H22N8O. The van der Waals surface area contributed by atoms with Crippen LogP contribution in [0.5, 0.6) is 0 Å². The van der Waals surface area contributed by atoms with Crippen molar-refractivity contribution in [3.05, 3.63) is 55.0 Å². The average Bonchev–Trinajstić information content (AvgIpc) is 2.76. The molecule has 2 aromatic heterocycles. The summed E-state index contributed by atoms with van der Waals surface area (Å²) in [6.45, 7) is 4.82. The van der Waals surface area contributed by atoms with E-state index < -0.39 is 0 Å². The summed E-state index contributed by atoms with van der Waals surface area (Å²) in [5, 5.41) is 5.95. The van der Waals surface area contributed by atoms with Crippen LogP contribution in [0.3, 0.4) is 0 Å². The van der Waals surface area contributed by atoms with Gasteiger partial charge in [-0.3, -0.25) is 4.79 Å². The van der Waals surface area contributed by atoms with Gasteiger partial charge in [-0.2, -0.15) is 4.98 Å². The largest absolute Gasteiger partial charge is 0.353 e. The summed E-state index contributed by atoms with van der Waals surface area (Å²) >= 11 is 0. The van der Waals surface area contributed by atoms with Gasteiger partial charge in [0.15, 0.2) is 0 Å². The van der Waals surface area contributed by atoms with Crippen molar-refractivity contribution in [1.82, 2.24) is 19.9 Å². The van der Waals surface area contributed by atoms with E-state index in [4.69, 9.17) is 0 Å². The van der Waals surface area contributed by atoms with Crippen LogP contribution in [0.25, 0.3) is 0 Å². The molecule has 1 aliphatic heterocycles. The maximum atomic E-state index is 11.1. The van der Waals surface area contributed by atoms with Crippen LogP contribution >= 0.6 is 0 Å². The fourth-order valence-electron chi connectivity index (χ4n) is 3.14. The van der Waals surface area contributed by atoms with Crippen LogP contribution in [0, 0.1) is 0 Å². The Balaban J connectivity index is 1.38. The van der Waals surface area contributed by atoms with E-state index in [0.717, 1.165) is 49.3 Å². The average molecular weight is 390 g/mol. The Morgan fingerprint density at radius 2 is 1.52 bits per heavy atom. The van der Waals surface area contributed by atoms with Crippen LogP contribution in [0.1, 0.15) is 6.92 Å². The zero-order valence-electron chi connectivity index (χ0n) is 16.1. The second-order valence-corrected chi connectivity index (χ2v) is 6.64. The summed E-state index contributed by atoms with van der Waals surface area (Å²) < 4.78 is 0. The third kappa shape index (κ3) is 4.75. The molecular weight excluding hydrogens is 368 g/mol. The molecule has 0 unspecified atom stereocenters. The van der Waals surface area contributed by atoms with Crippen molar-refractivity contribution < 1.29 is 4.79 Å². The quantitative estimate of drug-likeness (QED) is 0.685. The van der Waals surface area contributed by atoms with Crippen LogP contribution in [0.15, 0.2) is 55.0 Å². The van der Waals surface area contributed by atoms with Crippen molar-refractivity contribution >= 4 is 35.0 Å². The van der Waals surface area contributed by atoms with Gasteiger partial charge in [0.1, 0.15) is 5.82 Å². The fraction of sp³-hybridized carbons (Fsp3) is 0.250. The normalized spacial score (nSPS) is 13.8. The highest BCUT2D eigenvalue weighted by molar-refractivity contribution is 5.88. The summed E-state index contributed by atoms with van der Waals surface area (Å²) in [6, 6.07) is 11.2. The monoisotopic (exact) mass is 390 g/mol. The summed E-state index contributed by atoms with van der Waals surface area (Å²) in [4.78, 5) is 33.1. The van der Waals surface area contributed by atoms with Gasteiger partial charge in [-0.1, -0.05) is 0 Å². The van der Waals surface area contributed by atoms with E-state index in [1.807, 2.05) is 36.4 Å². The molecule has 1 amide bonds. The molecule has 0 radical (unpaired) electrons. The summed E-state index contributed by atoms with van der Waals surface area (Å²) in [7, 11) is 0.